The van der Waals surface area contributed by atoms with E-state index in [4.69, 9.17) is 4.74 Å². The Morgan fingerprint density at radius 3 is 2.73 bits per heavy atom. The van der Waals surface area contributed by atoms with Gasteiger partial charge < -0.3 is 14.7 Å². The average Bonchev–Trinajstić information content (AvgIpc) is 3.46. The van der Waals surface area contributed by atoms with Crippen LogP contribution in [-0.2, 0) is 29.6 Å². The van der Waals surface area contributed by atoms with Gasteiger partial charge in [0.2, 0.25) is 10.6 Å². The number of aromatic carboxylic acids is 1. The van der Waals surface area contributed by atoms with Crippen LogP contribution in [0.4, 0.5) is 10.2 Å². The molecule has 4 aromatic heterocycles. The minimum absolute atomic E-state index is 0.0185. The van der Waals surface area contributed by atoms with Gasteiger partial charge in [0, 0.05) is 50.5 Å². The second kappa shape index (κ2) is 9.44. The largest absolute Gasteiger partial charge is 0.477 e. The second-order valence-corrected chi connectivity index (χ2v) is 9.53. The van der Waals surface area contributed by atoms with Gasteiger partial charge in [0.05, 0.1) is 35.7 Å². The Labute approximate surface area is 213 Å². The molecule has 5 heterocycles. The zero-order valence-corrected chi connectivity index (χ0v) is 21.0. The van der Waals surface area contributed by atoms with Crippen LogP contribution in [0.1, 0.15) is 27.3 Å². The summed E-state index contributed by atoms with van der Waals surface area (Å²) in [6, 6.07) is 1.82. The summed E-state index contributed by atoms with van der Waals surface area (Å²) in [4.78, 5) is 47.5. The number of ether oxygens (including phenoxy) is 1. The Morgan fingerprint density at radius 1 is 1.32 bits per heavy atom. The average molecular weight is 528 g/mol. The highest BCUT2D eigenvalue weighted by atomic mass is 32.1. The normalized spacial score (nSPS) is 13.8. The number of hydrogen-bond acceptors (Lipinski definition) is 10. The third-order valence-electron chi connectivity index (χ3n) is 6.39. The van der Waals surface area contributed by atoms with Crippen LogP contribution in [0.25, 0.3) is 16.2 Å². The third-order valence-corrected chi connectivity index (χ3v) is 7.06. The van der Waals surface area contributed by atoms with Crippen LogP contribution in [0.2, 0.25) is 0 Å². The number of hydrogen-bond donors (Lipinski definition) is 1. The predicted molar refractivity (Wildman–Crippen MR) is 131 cm³/mol. The van der Waals surface area contributed by atoms with Gasteiger partial charge in [0.15, 0.2) is 17.3 Å². The van der Waals surface area contributed by atoms with Crippen LogP contribution in [0.5, 0.6) is 0 Å². The molecule has 1 aliphatic heterocycles. The number of carboxylic acid groups (broad SMARTS) is 1. The van der Waals surface area contributed by atoms with Gasteiger partial charge in [-0.3, -0.25) is 18.8 Å². The standard InChI is InChI=1S/C23H22FN7O5S/c1-11-17-19(33)15(22(34)35)8-31(23-25-10-26-37-23)20(17)27-21(18(11)24)30-6-12(7-30)16(32)5-13-4-14(9-36-3)29(2)28-13/h4,8,10,12H,5-7,9H2,1-3H3,(H,34,35). The minimum atomic E-state index is -1.44. The highest BCUT2D eigenvalue weighted by Crippen LogP contribution is 2.32. The first-order chi connectivity index (χ1) is 17.7. The number of fused-ring (bicyclic) bond motifs is 1. The van der Waals surface area contributed by atoms with Crippen molar-refractivity contribution >= 4 is 40.1 Å². The van der Waals surface area contributed by atoms with Gasteiger partial charge in [-0.15, -0.1) is 0 Å². The Morgan fingerprint density at radius 2 is 2.08 bits per heavy atom. The van der Waals surface area contributed by atoms with Gasteiger partial charge in [0.25, 0.3) is 0 Å². The molecule has 4 aromatic rings. The third kappa shape index (κ3) is 4.27. The van der Waals surface area contributed by atoms with E-state index in [2.05, 4.69) is 19.4 Å². The first-order valence-corrected chi connectivity index (χ1v) is 12.0. The van der Waals surface area contributed by atoms with Crippen molar-refractivity contribution in [2.24, 2.45) is 13.0 Å². The molecule has 1 fully saturated rings. The number of carbonyl (C=O) groups is 2. The number of Topliss-reactive ketones (excluding diaryl/α,β-unsaturated/α-hetero) is 1. The number of aromatic nitrogens is 6. The molecule has 0 amide bonds. The Hall–Kier alpha value is -4.04. The Bertz CT molecular complexity index is 1590. The fraction of sp³-hybridized carbons (Fsp3) is 0.348. The van der Waals surface area contributed by atoms with E-state index >= 15 is 4.39 Å². The van der Waals surface area contributed by atoms with Crippen molar-refractivity contribution in [1.82, 2.24) is 28.7 Å². The van der Waals surface area contributed by atoms with E-state index in [1.54, 1.807) is 23.7 Å². The number of pyridine rings is 2. The van der Waals surface area contributed by atoms with Gasteiger partial charge in [-0.2, -0.15) is 9.47 Å². The molecule has 1 aliphatic rings. The zero-order valence-electron chi connectivity index (χ0n) is 20.1. The molecular formula is C23H22FN7O5S. The quantitative estimate of drug-likeness (QED) is 0.358. The number of ketones is 1. The number of nitrogens with zero attached hydrogens (tertiary/aromatic N) is 7. The zero-order chi connectivity index (χ0) is 26.4. The van der Waals surface area contributed by atoms with Gasteiger partial charge >= 0.3 is 5.97 Å². The molecule has 12 nitrogen and oxygen atoms in total. The lowest BCUT2D eigenvalue weighted by Gasteiger charge is -2.39. The van der Waals surface area contributed by atoms with Gasteiger partial charge in [-0.25, -0.2) is 19.2 Å². The molecule has 0 saturated carbocycles. The molecule has 0 radical (unpaired) electrons. The first-order valence-electron chi connectivity index (χ1n) is 11.2. The summed E-state index contributed by atoms with van der Waals surface area (Å²) in [5.41, 5.74) is 0.163. The summed E-state index contributed by atoms with van der Waals surface area (Å²) in [5.74, 6) is -2.55. The molecule has 1 N–H and O–H groups in total. The highest BCUT2D eigenvalue weighted by molar-refractivity contribution is 7.08. The summed E-state index contributed by atoms with van der Waals surface area (Å²) in [5, 5.41) is 14.0. The number of methoxy groups -OCH3 is 1. The number of aryl methyl sites for hydroxylation is 2. The van der Waals surface area contributed by atoms with E-state index in [0.717, 1.165) is 23.4 Å². The summed E-state index contributed by atoms with van der Waals surface area (Å²) in [7, 11) is 3.37. The van der Waals surface area contributed by atoms with Crippen LogP contribution >= 0.6 is 11.5 Å². The lowest BCUT2D eigenvalue weighted by atomic mass is 9.92. The lowest BCUT2D eigenvalue weighted by molar-refractivity contribution is -0.123. The van der Waals surface area contributed by atoms with Crippen molar-refractivity contribution in [2.75, 3.05) is 25.1 Å². The molecule has 1 saturated heterocycles. The molecule has 37 heavy (non-hydrogen) atoms. The molecule has 5 rings (SSSR count). The van der Waals surface area contributed by atoms with E-state index in [-0.39, 0.29) is 58.8 Å². The topological polar surface area (TPSA) is 145 Å². The number of carboxylic acids is 1. The minimum Gasteiger partial charge on any atom is -0.477 e. The maximum absolute atomic E-state index is 15.5. The summed E-state index contributed by atoms with van der Waals surface area (Å²) >= 11 is 0.971. The van der Waals surface area contributed by atoms with Crippen LogP contribution in [0, 0.1) is 18.7 Å². The molecular weight excluding hydrogens is 505 g/mol. The van der Waals surface area contributed by atoms with E-state index in [9.17, 15) is 19.5 Å². The van der Waals surface area contributed by atoms with Crippen molar-refractivity contribution in [1.29, 1.82) is 0 Å². The van der Waals surface area contributed by atoms with Crippen molar-refractivity contribution in [3.8, 4) is 5.13 Å². The highest BCUT2D eigenvalue weighted by Gasteiger charge is 2.36. The molecule has 0 aromatic carbocycles. The van der Waals surface area contributed by atoms with E-state index < -0.39 is 22.8 Å². The van der Waals surface area contributed by atoms with E-state index in [0.29, 0.717) is 12.3 Å². The van der Waals surface area contributed by atoms with Crippen molar-refractivity contribution in [3.05, 3.63) is 57.1 Å². The van der Waals surface area contributed by atoms with Crippen molar-refractivity contribution < 1.29 is 23.8 Å². The van der Waals surface area contributed by atoms with Gasteiger partial charge in [-0.05, 0) is 13.0 Å². The number of anilines is 1. The van der Waals surface area contributed by atoms with Crippen molar-refractivity contribution in [2.45, 2.75) is 20.0 Å². The van der Waals surface area contributed by atoms with Crippen LogP contribution in [-0.4, -0.2) is 65.7 Å². The Kier molecular flexibility index (Phi) is 6.29. The molecule has 0 atom stereocenters. The molecule has 0 bridgehead atoms. The summed E-state index contributed by atoms with van der Waals surface area (Å²) in [6.45, 7) is 2.29. The predicted octanol–water partition coefficient (Wildman–Crippen LogP) is 1.51. The van der Waals surface area contributed by atoms with Crippen molar-refractivity contribution in [3.63, 3.8) is 0 Å². The van der Waals surface area contributed by atoms with E-state index in [1.165, 1.54) is 17.8 Å². The molecule has 14 heteroatoms. The smallest absolute Gasteiger partial charge is 0.341 e. The number of carbonyl (C=O) groups excluding carboxylic acids is 1. The van der Waals surface area contributed by atoms with Crippen LogP contribution in [0.15, 0.2) is 23.4 Å². The summed E-state index contributed by atoms with van der Waals surface area (Å²) in [6.07, 6.45) is 2.55. The van der Waals surface area contributed by atoms with Gasteiger partial charge in [-0.1, -0.05) is 0 Å². The van der Waals surface area contributed by atoms with E-state index in [1.807, 2.05) is 6.07 Å². The first kappa shape index (κ1) is 24.6. The number of halogens is 1. The molecule has 0 unspecified atom stereocenters. The number of rotatable bonds is 8. The Balaban J connectivity index is 1.45. The molecule has 0 aliphatic carbocycles. The maximum Gasteiger partial charge on any atom is 0.341 e. The summed E-state index contributed by atoms with van der Waals surface area (Å²) < 4.78 is 27.5. The second-order valence-electron chi connectivity index (χ2n) is 8.77. The van der Waals surface area contributed by atoms with Gasteiger partial charge in [0.1, 0.15) is 17.7 Å². The monoisotopic (exact) mass is 527 g/mol. The fourth-order valence-electron chi connectivity index (χ4n) is 4.38. The van der Waals surface area contributed by atoms with Crippen LogP contribution < -0.4 is 10.3 Å². The molecule has 0 spiro atoms. The lowest BCUT2D eigenvalue weighted by Crippen LogP contribution is -2.51. The fourth-order valence-corrected chi connectivity index (χ4v) is 4.89. The maximum atomic E-state index is 15.5. The SMILES string of the molecule is COCc1cc(CC(=O)C2CN(c3nc4c(c(C)c3F)c(=O)c(C(=O)O)cn4-c3ncns3)C2)nn1C. The van der Waals surface area contributed by atoms with Crippen LogP contribution in [0.3, 0.4) is 0 Å². The molecule has 192 valence electrons.